The van der Waals surface area contributed by atoms with Crippen molar-refractivity contribution in [3.8, 4) is 0 Å². The third-order valence-electron chi connectivity index (χ3n) is 8.39. The van der Waals surface area contributed by atoms with Crippen molar-refractivity contribution >= 4 is 13.9 Å². The fraction of sp³-hybridized carbons (Fsp3) is 0.909. The molecule has 1 N–H and O–H groups in total. The Morgan fingerprint density at radius 2 is 0.972 bits per heavy atom. The molecule has 2 atom stereocenters. The van der Waals surface area contributed by atoms with Crippen molar-refractivity contribution in [1.29, 1.82) is 0 Å². The Balaban J connectivity index is 2.08. The lowest BCUT2D eigenvalue weighted by atomic mass is 9.96. The Morgan fingerprint density at radius 1 is 0.611 bits per heavy atom. The van der Waals surface area contributed by atoms with Gasteiger partial charge in [0.15, 0.2) is 0 Å². The van der Waals surface area contributed by atoms with Gasteiger partial charge in [0.05, 0.1) is 5.16 Å². The fourth-order valence-electron chi connectivity index (χ4n) is 5.87. The summed E-state index contributed by atoms with van der Waals surface area (Å²) in [5, 5.41) is 9.74. The molecule has 1 aliphatic heterocycles. The zero-order chi connectivity index (χ0) is 26.2. The second-order valence-electron chi connectivity index (χ2n) is 11.6. The highest BCUT2D eigenvalue weighted by Gasteiger charge is 2.45. The zero-order valence-corrected chi connectivity index (χ0v) is 25.4. The van der Waals surface area contributed by atoms with Crippen molar-refractivity contribution < 1.29 is 9.90 Å². The standard InChI is InChI=1S/C33H63O2P/c1-3-5-7-9-11-13-15-17-19-21-23-25-28-33(32(34)35)29-27-31-36(33)30-26-24-22-20-18-16-14-12-10-8-6-4-2/h27,31H,3-26,28-30H2,1-2H3,(H,34,35). The van der Waals surface area contributed by atoms with Crippen LogP contribution < -0.4 is 0 Å². The van der Waals surface area contributed by atoms with Crippen molar-refractivity contribution in [3.63, 3.8) is 0 Å². The van der Waals surface area contributed by atoms with Crippen molar-refractivity contribution in [2.24, 2.45) is 0 Å². The number of carbonyl (C=O) groups is 1. The second-order valence-corrected chi connectivity index (χ2v) is 14.2. The van der Waals surface area contributed by atoms with Gasteiger partial charge in [-0.2, -0.15) is 0 Å². The van der Waals surface area contributed by atoms with E-state index in [9.17, 15) is 9.90 Å². The van der Waals surface area contributed by atoms with Crippen LogP contribution in [0.3, 0.4) is 0 Å². The van der Waals surface area contributed by atoms with E-state index in [0.29, 0.717) is 0 Å². The fourth-order valence-corrected chi connectivity index (χ4v) is 8.69. The monoisotopic (exact) mass is 522 g/mol. The molecule has 1 aliphatic rings. The molecule has 1 rings (SSSR count). The van der Waals surface area contributed by atoms with E-state index in [1.165, 1.54) is 148 Å². The minimum Gasteiger partial charge on any atom is -0.481 e. The number of hydrogen-bond acceptors (Lipinski definition) is 1. The van der Waals surface area contributed by atoms with E-state index in [0.717, 1.165) is 25.4 Å². The number of rotatable bonds is 27. The predicted molar refractivity (Wildman–Crippen MR) is 163 cm³/mol. The molecule has 0 bridgehead atoms. The first-order valence-electron chi connectivity index (χ1n) is 16.3. The van der Waals surface area contributed by atoms with Crippen LogP contribution in [0.4, 0.5) is 0 Å². The SMILES string of the molecule is CCCCCCCCCCCCCCP1C=CCC1(CCCCCCCCCCCCCC)C(=O)O. The molecule has 3 heteroatoms. The average molecular weight is 523 g/mol. The van der Waals surface area contributed by atoms with Gasteiger partial charge >= 0.3 is 5.97 Å². The first kappa shape index (κ1) is 33.7. The van der Waals surface area contributed by atoms with Crippen LogP contribution in [-0.4, -0.2) is 22.4 Å². The topological polar surface area (TPSA) is 37.3 Å². The second kappa shape index (κ2) is 23.7. The third kappa shape index (κ3) is 15.8. The van der Waals surface area contributed by atoms with Crippen LogP contribution in [0, 0.1) is 0 Å². The summed E-state index contributed by atoms with van der Waals surface area (Å²) < 4.78 is 0. The van der Waals surface area contributed by atoms with E-state index in [4.69, 9.17) is 0 Å². The van der Waals surface area contributed by atoms with Crippen LogP contribution in [0.1, 0.15) is 181 Å². The van der Waals surface area contributed by atoms with Gasteiger partial charge in [0.2, 0.25) is 0 Å². The van der Waals surface area contributed by atoms with Gasteiger partial charge in [-0.3, -0.25) is 4.79 Å². The molecule has 0 aromatic carbocycles. The lowest BCUT2D eigenvalue weighted by molar-refractivity contribution is -0.140. The van der Waals surface area contributed by atoms with Gasteiger partial charge in [-0.25, -0.2) is 0 Å². The van der Waals surface area contributed by atoms with Gasteiger partial charge in [-0.15, -0.1) is 0 Å². The van der Waals surface area contributed by atoms with Crippen molar-refractivity contribution in [3.05, 3.63) is 11.9 Å². The Labute approximate surface area is 227 Å². The molecule has 0 spiro atoms. The molecule has 2 nitrogen and oxygen atoms in total. The van der Waals surface area contributed by atoms with Crippen LogP contribution in [0.5, 0.6) is 0 Å². The molecule has 0 aromatic rings. The number of hydrogen-bond donors (Lipinski definition) is 1. The Bertz CT molecular complexity index is 532. The van der Waals surface area contributed by atoms with Gasteiger partial charge < -0.3 is 5.11 Å². The number of allylic oxidation sites excluding steroid dienone is 1. The van der Waals surface area contributed by atoms with Crippen LogP contribution >= 0.6 is 7.92 Å². The zero-order valence-electron chi connectivity index (χ0n) is 24.5. The van der Waals surface area contributed by atoms with Crippen molar-refractivity contribution in [2.45, 2.75) is 186 Å². The molecule has 0 amide bonds. The Morgan fingerprint density at radius 3 is 1.36 bits per heavy atom. The molecule has 0 fully saturated rings. The molecular weight excluding hydrogens is 459 g/mol. The third-order valence-corrected chi connectivity index (χ3v) is 11.5. The molecule has 0 saturated heterocycles. The minimum absolute atomic E-state index is 0.439. The molecule has 1 heterocycles. The Kier molecular flexibility index (Phi) is 22.2. The quantitative estimate of drug-likeness (QED) is 0.0860. The maximum atomic E-state index is 12.4. The normalized spacial score (nSPS) is 19.3. The van der Waals surface area contributed by atoms with E-state index >= 15 is 0 Å². The average Bonchev–Trinajstić information content (AvgIpc) is 3.29. The van der Waals surface area contributed by atoms with E-state index in [1.54, 1.807) is 0 Å². The van der Waals surface area contributed by atoms with Crippen LogP contribution in [0.25, 0.3) is 0 Å². The number of unbranched alkanes of at least 4 members (excludes halogenated alkanes) is 22. The molecule has 0 aliphatic carbocycles. The predicted octanol–water partition coefficient (Wildman–Crippen LogP) is 12.0. The van der Waals surface area contributed by atoms with Gasteiger partial charge in [0.25, 0.3) is 0 Å². The summed E-state index contributed by atoms with van der Waals surface area (Å²) in [6.45, 7) is 4.56. The summed E-state index contributed by atoms with van der Waals surface area (Å²) in [6.07, 6.45) is 37.5. The van der Waals surface area contributed by atoms with E-state index in [-0.39, 0.29) is 0 Å². The van der Waals surface area contributed by atoms with Crippen LogP contribution in [0.2, 0.25) is 0 Å². The maximum absolute atomic E-state index is 12.4. The summed E-state index contributed by atoms with van der Waals surface area (Å²) in [5.41, 5.74) is 0. The van der Waals surface area contributed by atoms with Crippen molar-refractivity contribution in [2.75, 3.05) is 6.16 Å². The minimum atomic E-state index is -0.513. The van der Waals surface area contributed by atoms with Crippen LogP contribution in [0.15, 0.2) is 11.9 Å². The lowest BCUT2D eigenvalue weighted by Gasteiger charge is -2.32. The molecule has 36 heavy (non-hydrogen) atoms. The van der Waals surface area contributed by atoms with E-state index in [1.807, 2.05) is 0 Å². The lowest BCUT2D eigenvalue weighted by Crippen LogP contribution is -2.34. The summed E-state index contributed by atoms with van der Waals surface area (Å²) >= 11 is 0. The molecule has 2 unspecified atom stereocenters. The van der Waals surface area contributed by atoms with E-state index < -0.39 is 19.0 Å². The molecule has 212 valence electrons. The number of aliphatic carboxylic acids is 1. The van der Waals surface area contributed by atoms with Gasteiger partial charge in [-0.1, -0.05) is 181 Å². The number of carboxylic acids is 1. The first-order chi connectivity index (χ1) is 17.7. The van der Waals surface area contributed by atoms with Crippen LogP contribution in [-0.2, 0) is 4.79 Å². The molecule has 0 aromatic heterocycles. The van der Waals surface area contributed by atoms with Gasteiger partial charge in [-0.05, 0) is 25.4 Å². The van der Waals surface area contributed by atoms with E-state index in [2.05, 4.69) is 25.7 Å². The maximum Gasteiger partial charge on any atom is 0.314 e. The summed E-state index contributed by atoms with van der Waals surface area (Å²) in [6, 6.07) is 0. The molecule has 0 saturated carbocycles. The summed E-state index contributed by atoms with van der Waals surface area (Å²) in [4.78, 5) is 12.4. The molecule has 0 radical (unpaired) electrons. The first-order valence-corrected chi connectivity index (χ1v) is 17.9. The Hall–Kier alpha value is -0.360. The van der Waals surface area contributed by atoms with Gasteiger partial charge in [0.1, 0.15) is 0 Å². The highest BCUT2D eigenvalue weighted by Crippen LogP contribution is 2.60. The van der Waals surface area contributed by atoms with Crippen molar-refractivity contribution in [1.82, 2.24) is 0 Å². The summed E-state index contributed by atoms with van der Waals surface area (Å²) in [7, 11) is -0.489. The highest BCUT2D eigenvalue weighted by atomic mass is 31.1. The van der Waals surface area contributed by atoms with Gasteiger partial charge in [0, 0.05) is 0 Å². The molecular formula is C33H63O2P. The number of carboxylic acid groups (broad SMARTS) is 1. The highest BCUT2D eigenvalue weighted by molar-refractivity contribution is 7.63. The largest absolute Gasteiger partial charge is 0.481 e. The smallest absolute Gasteiger partial charge is 0.314 e. The summed E-state index contributed by atoms with van der Waals surface area (Å²) in [5.74, 6) is 1.79.